The lowest BCUT2D eigenvalue weighted by molar-refractivity contribution is 0.386. The van der Waals surface area contributed by atoms with Crippen LogP contribution in [0.5, 0.6) is 5.75 Å². The summed E-state index contributed by atoms with van der Waals surface area (Å²) in [5.74, 6) is 2.27. The van der Waals surface area contributed by atoms with Gasteiger partial charge in [-0.05, 0) is 37.1 Å². The van der Waals surface area contributed by atoms with Gasteiger partial charge in [-0.15, -0.1) is 0 Å². The van der Waals surface area contributed by atoms with Crippen LogP contribution in [-0.4, -0.2) is 59.3 Å². The fourth-order valence-electron chi connectivity index (χ4n) is 4.78. The molecule has 9 nitrogen and oxygen atoms in total. The number of benzene rings is 1. The Kier molecular flexibility index (Phi) is 7.58. The predicted molar refractivity (Wildman–Crippen MR) is 140 cm³/mol. The molecule has 3 aromatic rings. The van der Waals surface area contributed by atoms with Gasteiger partial charge in [-0.1, -0.05) is 31.7 Å². The highest BCUT2D eigenvalue weighted by molar-refractivity contribution is 5.57. The fraction of sp³-hybridized carbons (Fsp3) is 0.462. The van der Waals surface area contributed by atoms with Crippen LogP contribution < -0.4 is 25.2 Å². The Balaban J connectivity index is 1.36. The van der Waals surface area contributed by atoms with E-state index in [-0.39, 0.29) is 5.75 Å². The molecule has 36 heavy (non-hydrogen) atoms. The second-order valence-electron chi connectivity index (χ2n) is 9.25. The molecule has 1 aromatic carbocycles. The van der Waals surface area contributed by atoms with Crippen molar-refractivity contribution in [1.82, 2.24) is 19.9 Å². The van der Waals surface area contributed by atoms with Crippen LogP contribution >= 0.6 is 0 Å². The van der Waals surface area contributed by atoms with Crippen LogP contribution in [0.1, 0.15) is 38.5 Å². The van der Waals surface area contributed by atoms with Crippen LogP contribution in [0.15, 0.2) is 42.6 Å². The van der Waals surface area contributed by atoms with Gasteiger partial charge in [-0.3, -0.25) is 0 Å². The molecule has 1 saturated carbocycles. The summed E-state index contributed by atoms with van der Waals surface area (Å²) in [5, 5.41) is 6.70. The minimum atomic E-state index is -0.445. The molecule has 0 atom stereocenters. The molecule has 1 aliphatic heterocycles. The van der Waals surface area contributed by atoms with Crippen molar-refractivity contribution in [1.29, 1.82) is 0 Å². The van der Waals surface area contributed by atoms with Gasteiger partial charge in [0.15, 0.2) is 11.6 Å². The molecular formula is C26H33FN8O. The van der Waals surface area contributed by atoms with Gasteiger partial charge in [0.25, 0.3) is 0 Å². The number of rotatable bonds is 7. The van der Waals surface area contributed by atoms with Gasteiger partial charge < -0.3 is 25.2 Å². The molecule has 2 N–H and O–H groups in total. The number of hydrogen-bond donors (Lipinski definition) is 2. The van der Waals surface area contributed by atoms with E-state index in [0.717, 1.165) is 44.8 Å². The van der Waals surface area contributed by atoms with E-state index in [9.17, 15) is 4.39 Å². The second kappa shape index (κ2) is 11.4. The first-order valence-corrected chi connectivity index (χ1v) is 12.7. The highest BCUT2D eigenvalue weighted by Crippen LogP contribution is 2.26. The van der Waals surface area contributed by atoms with E-state index in [0.29, 0.717) is 29.6 Å². The van der Waals surface area contributed by atoms with Crippen molar-refractivity contribution in [2.45, 2.75) is 44.6 Å². The van der Waals surface area contributed by atoms with Crippen molar-refractivity contribution in [2.75, 3.05) is 53.7 Å². The van der Waals surface area contributed by atoms with Crippen molar-refractivity contribution in [3.63, 3.8) is 0 Å². The molecule has 0 bridgehead atoms. The standard InChI is InChI=1S/C26H33FN8O/c1-36-22-12-11-20(18-21(22)27)30-25-31-24(29-19-8-4-2-3-5-9-19)32-26(33-25)35-16-14-34(15-17-35)23-10-6-7-13-28-23/h6-7,10-13,18-19H,2-5,8-9,14-17H2,1H3,(H2,29,30,31,32,33). The SMILES string of the molecule is COc1ccc(Nc2nc(NC3CCCCCC3)nc(N3CCN(c4ccccn4)CC3)n2)cc1F. The molecule has 0 radical (unpaired) electrons. The van der Waals surface area contributed by atoms with E-state index in [1.165, 1.54) is 38.9 Å². The number of pyridine rings is 1. The first kappa shape index (κ1) is 24.0. The molecule has 1 saturated heterocycles. The number of anilines is 5. The van der Waals surface area contributed by atoms with E-state index in [4.69, 9.17) is 14.7 Å². The summed E-state index contributed by atoms with van der Waals surface area (Å²) >= 11 is 0. The van der Waals surface area contributed by atoms with Crippen LogP contribution in [0.3, 0.4) is 0 Å². The molecule has 0 spiro atoms. The van der Waals surface area contributed by atoms with Gasteiger partial charge >= 0.3 is 0 Å². The third-order valence-corrected chi connectivity index (χ3v) is 6.76. The summed E-state index contributed by atoms with van der Waals surface area (Å²) in [6, 6.07) is 11.0. The lowest BCUT2D eigenvalue weighted by Gasteiger charge is -2.35. The molecule has 2 aromatic heterocycles. The van der Waals surface area contributed by atoms with Gasteiger partial charge in [0.05, 0.1) is 7.11 Å². The Bertz CT molecular complexity index is 1130. The minimum absolute atomic E-state index is 0.193. The number of nitrogens with one attached hydrogen (secondary N) is 2. The number of methoxy groups -OCH3 is 1. The predicted octanol–water partition coefficient (Wildman–Crippen LogP) is 4.62. The van der Waals surface area contributed by atoms with Crippen LogP contribution in [-0.2, 0) is 0 Å². The zero-order chi connectivity index (χ0) is 24.7. The van der Waals surface area contributed by atoms with E-state index in [2.05, 4.69) is 30.4 Å². The topological polar surface area (TPSA) is 91.3 Å². The summed E-state index contributed by atoms with van der Waals surface area (Å²) in [7, 11) is 1.45. The molecular weight excluding hydrogens is 459 g/mol. The maximum atomic E-state index is 14.3. The zero-order valence-corrected chi connectivity index (χ0v) is 20.7. The van der Waals surface area contributed by atoms with Crippen LogP contribution in [0.2, 0.25) is 0 Å². The molecule has 1 aliphatic carbocycles. The summed E-state index contributed by atoms with van der Waals surface area (Å²) < 4.78 is 19.3. The zero-order valence-electron chi connectivity index (χ0n) is 20.7. The Morgan fingerprint density at radius 1 is 0.889 bits per heavy atom. The van der Waals surface area contributed by atoms with Crippen LogP contribution in [0, 0.1) is 5.82 Å². The smallest absolute Gasteiger partial charge is 0.233 e. The third kappa shape index (κ3) is 5.92. The van der Waals surface area contributed by atoms with E-state index in [1.807, 2.05) is 24.4 Å². The van der Waals surface area contributed by atoms with Gasteiger partial charge in [0.1, 0.15) is 5.82 Å². The molecule has 3 heterocycles. The molecule has 190 valence electrons. The lowest BCUT2D eigenvalue weighted by atomic mass is 10.1. The fourth-order valence-corrected chi connectivity index (χ4v) is 4.78. The Morgan fingerprint density at radius 3 is 2.33 bits per heavy atom. The van der Waals surface area contributed by atoms with Crippen molar-refractivity contribution in [2.24, 2.45) is 0 Å². The second-order valence-corrected chi connectivity index (χ2v) is 9.25. The maximum absolute atomic E-state index is 14.3. The molecule has 10 heteroatoms. The highest BCUT2D eigenvalue weighted by atomic mass is 19.1. The molecule has 0 unspecified atom stereocenters. The van der Waals surface area contributed by atoms with Crippen LogP contribution in [0.4, 0.5) is 33.7 Å². The van der Waals surface area contributed by atoms with E-state index >= 15 is 0 Å². The summed E-state index contributed by atoms with van der Waals surface area (Å²) in [5.41, 5.74) is 0.547. The summed E-state index contributed by atoms with van der Waals surface area (Å²) in [4.78, 5) is 23.0. The Hall–Kier alpha value is -3.69. The highest BCUT2D eigenvalue weighted by Gasteiger charge is 2.22. The average Bonchev–Trinajstić information content (AvgIpc) is 3.18. The van der Waals surface area contributed by atoms with Gasteiger partial charge in [-0.25, -0.2) is 9.37 Å². The molecule has 2 fully saturated rings. The number of piperazine rings is 1. The maximum Gasteiger partial charge on any atom is 0.233 e. The van der Waals surface area contributed by atoms with Gasteiger partial charge in [0.2, 0.25) is 17.8 Å². The van der Waals surface area contributed by atoms with Crippen molar-refractivity contribution < 1.29 is 9.13 Å². The lowest BCUT2D eigenvalue weighted by Crippen LogP contribution is -2.47. The van der Waals surface area contributed by atoms with Crippen molar-refractivity contribution in [3.8, 4) is 5.75 Å². The molecule has 0 amide bonds. The van der Waals surface area contributed by atoms with Gasteiger partial charge in [0, 0.05) is 50.2 Å². The summed E-state index contributed by atoms with van der Waals surface area (Å²) in [6.07, 6.45) is 9.00. The quantitative estimate of drug-likeness (QED) is 0.459. The Morgan fingerprint density at radius 2 is 1.64 bits per heavy atom. The average molecular weight is 493 g/mol. The minimum Gasteiger partial charge on any atom is -0.494 e. The molecule has 2 aliphatic rings. The van der Waals surface area contributed by atoms with Gasteiger partial charge in [-0.2, -0.15) is 15.0 Å². The van der Waals surface area contributed by atoms with Crippen LogP contribution in [0.25, 0.3) is 0 Å². The first-order chi connectivity index (χ1) is 17.7. The largest absolute Gasteiger partial charge is 0.494 e. The molecule has 5 rings (SSSR count). The van der Waals surface area contributed by atoms with Crippen molar-refractivity contribution >= 4 is 29.4 Å². The number of hydrogen-bond acceptors (Lipinski definition) is 9. The Labute approximate surface area is 211 Å². The summed E-state index contributed by atoms with van der Waals surface area (Å²) in [6.45, 7) is 3.17. The number of aromatic nitrogens is 4. The number of nitrogens with zero attached hydrogens (tertiary/aromatic N) is 6. The van der Waals surface area contributed by atoms with Crippen molar-refractivity contribution in [3.05, 3.63) is 48.4 Å². The third-order valence-electron chi connectivity index (χ3n) is 6.76. The number of halogens is 1. The normalized spacial score (nSPS) is 16.9. The number of ether oxygens (including phenoxy) is 1. The van der Waals surface area contributed by atoms with E-state index < -0.39 is 5.82 Å². The van der Waals surface area contributed by atoms with E-state index in [1.54, 1.807) is 12.1 Å². The monoisotopic (exact) mass is 492 g/mol. The first-order valence-electron chi connectivity index (χ1n) is 12.7.